The number of nitrogens with two attached hydrogens (primary N) is 1. The molecule has 1 heterocycles. The first-order valence-electron chi connectivity index (χ1n) is 5.74. The highest BCUT2D eigenvalue weighted by atomic mass is 14.9. The van der Waals surface area contributed by atoms with E-state index in [2.05, 4.69) is 22.4 Å². The average molecular weight is 227 g/mol. The van der Waals surface area contributed by atoms with Crippen LogP contribution < -0.4 is 11.1 Å². The fourth-order valence-electron chi connectivity index (χ4n) is 1.72. The summed E-state index contributed by atoms with van der Waals surface area (Å²) in [6.45, 7) is 2.76. The Hall–Kier alpha value is -1.87. The highest BCUT2D eigenvalue weighted by Gasteiger charge is 2.05. The average Bonchev–Trinajstić information content (AvgIpc) is 2.38. The molecule has 88 valence electrons. The Morgan fingerprint density at radius 3 is 2.71 bits per heavy atom. The minimum Gasteiger partial charge on any atom is -0.381 e. The molecule has 3 nitrogen and oxygen atoms in total. The summed E-state index contributed by atoms with van der Waals surface area (Å²) in [6.07, 6.45) is 3.59. The van der Waals surface area contributed by atoms with Gasteiger partial charge >= 0.3 is 0 Å². The van der Waals surface area contributed by atoms with E-state index in [1.54, 1.807) is 6.20 Å². The predicted octanol–water partition coefficient (Wildman–Crippen LogP) is 2.71. The SMILES string of the molecule is CC(N)c1cnccc1NCc1ccccc1. The number of pyridine rings is 1. The molecular formula is C14H17N3. The second-order valence-corrected chi connectivity index (χ2v) is 4.09. The number of hydrogen-bond donors (Lipinski definition) is 2. The third kappa shape index (κ3) is 3.04. The normalized spacial score (nSPS) is 12.1. The quantitative estimate of drug-likeness (QED) is 0.844. The summed E-state index contributed by atoms with van der Waals surface area (Å²) in [5, 5.41) is 3.39. The number of nitrogens with one attached hydrogen (secondary N) is 1. The van der Waals surface area contributed by atoms with E-state index < -0.39 is 0 Å². The zero-order chi connectivity index (χ0) is 12.1. The van der Waals surface area contributed by atoms with Crippen LogP contribution in [-0.2, 0) is 6.54 Å². The minimum atomic E-state index is -0.0121. The van der Waals surface area contributed by atoms with Gasteiger partial charge in [0, 0.05) is 36.2 Å². The van der Waals surface area contributed by atoms with Crippen molar-refractivity contribution in [2.24, 2.45) is 5.73 Å². The van der Waals surface area contributed by atoms with Gasteiger partial charge in [0.05, 0.1) is 0 Å². The maximum Gasteiger partial charge on any atom is 0.0422 e. The monoisotopic (exact) mass is 227 g/mol. The smallest absolute Gasteiger partial charge is 0.0422 e. The summed E-state index contributed by atoms with van der Waals surface area (Å²) in [5.74, 6) is 0. The van der Waals surface area contributed by atoms with Crippen LogP contribution in [0.1, 0.15) is 24.1 Å². The Bertz CT molecular complexity index is 466. The van der Waals surface area contributed by atoms with Crippen LogP contribution in [0.5, 0.6) is 0 Å². The van der Waals surface area contributed by atoms with E-state index in [0.717, 1.165) is 17.8 Å². The number of nitrogens with zero attached hydrogens (tertiary/aromatic N) is 1. The maximum atomic E-state index is 5.90. The van der Waals surface area contributed by atoms with E-state index in [9.17, 15) is 0 Å². The van der Waals surface area contributed by atoms with Crippen molar-refractivity contribution < 1.29 is 0 Å². The minimum absolute atomic E-state index is 0.0121. The van der Waals surface area contributed by atoms with Gasteiger partial charge in [0.2, 0.25) is 0 Å². The van der Waals surface area contributed by atoms with E-state index >= 15 is 0 Å². The van der Waals surface area contributed by atoms with Crippen molar-refractivity contribution in [2.75, 3.05) is 5.32 Å². The molecule has 1 unspecified atom stereocenters. The molecule has 3 heteroatoms. The molecule has 0 fully saturated rings. The van der Waals surface area contributed by atoms with Gasteiger partial charge in [0.1, 0.15) is 0 Å². The number of hydrogen-bond acceptors (Lipinski definition) is 3. The number of rotatable bonds is 4. The first-order valence-corrected chi connectivity index (χ1v) is 5.74. The fraction of sp³-hybridized carbons (Fsp3) is 0.214. The lowest BCUT2D eigenvalue weighted by Crippen LogP contribution is -2.10. The van der Waals surface area contributed by atoms with E-state index in [1.165, 1.54) is 5.56 Å². The summed E-state index contributed by atoms with van der Waals surface area (Å²) < 4.78 is 0. The Labute approximate surface area is 102 Å². The summed E-state index contributed by atoms with van der Waals surface area (Å²) >= 11 is 0. The van der Waals surface area contributed by atoms with Crippen LogP contribution in [0.15, 0.2) is 48.8 Å². The summed E-state index contributed by atoms with van der Waals surface area (Å²) in [4.78, 5) is 4.10. The van der Waals surface area contributed by atoms with Crippen molar-refractivity contribution in [3.63, 3.8) is 0 Å². The van der Waals surface area contributed by atoms with Crippen molar-refractivity contribution in [2.45, 2.75) is 19.5 Å². The van der Waals surface area contributed by atoms with Gasteiger partial charge in [0.25, 0.3) is 0 Å². The number of anilines is 1. The Balaban J connectivity index is 2.09. The molecule has 3 N–H and O–H groups in total. The molecule has 0 saturated carbocycles. The lowest BCUT2D eigenvalue weighted by molar-refractivity contribution is 0.811. The van der Waals surface area contributed by atoms with Crippen molar-refractivity contribution >= 4 is 5.69 Å². The standard InChI is InChI=1S/C14H17N3/c1-11(15)13-10-16-8-7-14(13)17-9-12-5-3-2-4-6-12/h2-8,10-11H,9,15H2,1H3,(H,16,17). The Morgan fingerprint density at radius 1 is 1.24 bits per heavy atom. The molecule has 0 aliphatic rings. The second kappa shape index (κ2) is 5.46. The van der Waals surface area contributed by atoms with E-state index in [4.69, 9.17) is 5.73 Å². The van der Waals surface area contributed by atoms with Crippen LogP contribution in [0.4, 0.5) is 5.69 Å². The highest BCUT2D eigenvalue weighted by molar-refractivity contribution is 5.51. The van der Waals surface area contributed by atoms with Gasteiger partial charge in [-0.2, -0.15) is 0 Å². The Kier molecular flexibility index (Phi) is 3.73. The zero-order valence-electron chi connectivity index (χ0n) is 9.93. The first-order chi connectivity index (χ1) is 8.27. The predicted molar refractivity (Wildman–Crippen MR) is 70.6 cm³/mol. The maximum absolute atomic E-state index is 5.90. The summed E-state index contributed by atoms with van der Waals surface area (Å²) in [7, 11) is 0. The third-order valence-electron chi connectivity index (χ3n) is 2.67. The fourth-order valence-corrected chi connectivity index (χ4v) is 1.72. The molecule has 0 radical (unpaired) electrons. The van der Waals surface area contributed by atoms with Gasteiger partial charge in [-0.1, -0.05) is 30.3 Å². The van der Waals surface area contributed by atoms with Crippen LogP contribution in [0.3, 0.4) is 0 Å². The molecule has 2 aromatic rings. The number of benzene rings is 1. The van der Waals surface area contributed by atoms with Gasteiger partial charge in [-0.05, 0) is 18.6 Å². The molecule has 1 aromatic heterocycles. The lowest BCUT2D eigenvalue weighted by Gasteiger charge is -2.13. The highest BCUT2D eigenvalue weighted by Crippen LogP contribution is 2.20. The van der Waals surface area contributed by atoms with Gasteiger partial charge in [-0.15, -0.1) is 0 Å². The molecule has 1 atom stereocenters. The van der Waals surface area contributed by atoms with Crippen LogP contribution >= 0.6 is 0 Å². The van der Waals surface area contributed by atoms with Crippen LogP contribution in [-0.4, -0.2) is 4.98 Å². The van der Waals surface area contributed by atoms with Gasteiger partial charge < -0.3 is 11.1 Å². The van der Waals surface area contributed by atoms with Crippen molar-refractivity contribution in [1.29, 1.82) is 0 Å². The summed E-state index contributed by atoms with van der Waals surface area (Å²) in [6, 6.07) is 12.2. The molecule has 0 spiro atoms. The first kappa shape index (κ1) is 11.6. The van der Waals surface area contributed by atoms with Crippen molar-refractivity contribution in [3.05, 3.63) is 59.9 Å². The number of aromatic nitrogens is 1. The van der Waals surface area contributed by atoms with Crippen LogP contribution in [0.2, 0.25) is 0 Å². The van der Waals surface area contributed by atoms with Gasteiger partial charge in [-0.25, -0.2) is 0 Å². The molecule has 0 saturated heterocycles. The zero-order valence-corrected chi connectivity index (χ0v) is 9.93. The topological polar surface area (TPSA) is 50.9 Å². The molecule has 0 amide bonds. The molecule has 0 aliphatic carbocycles. The largest absolute Gasteiger partial charge is 0.381 e. The molecular weight excluding hydrogens is 210 g/mol. The van der Waals surface area contributed by atoms with Crippen LogP contribution in [0.25, 0.3) is 0 Å². The van der Waals surface area contributed by atoms with Crippen molar-refractivity contribution in [3.8, 4) is 0 Å². The summed E-state index contributed by atoms with van der Waals surface area (Å²) in [5.41, 5.74) is 9.25. The molecule has 2 rings (SSSR count). The Morgan fingerprint density at radius 2 is 2.00 bits per heavy atom. The molecule has 17 heavy (non-hydrogen) atoms. The third-order valence-corrected chi connectivity index (χ3v) is 2.67. The van der Waals surface area contributed by atoms with E-state index in [1.807, 2.05) is 37.4 Å². The van der Waals surface area contributed by atoms with Crippen molar-refractivity contribution in [1.82, 2.24) is 4.98 Å². The molecule has 0 aliphatic heterocycles. The van der Waals surface area contributed by atoms with E-state index in [-0.39, 0.29) is 6.04 Å². The molecule has 1 aromatic carbocycles. The van der Waals surface area contributed by atoms with Crippen LogP contribution in [0, 0.1) is 0 Å². The van der Waals surface area contributed by atoms with Gasteiger partial charge in [-0.3, -0.25) is 4.98 Å². The molecule has 0 bridgehead atoms. The van der Waals surface area contributed by atoms with Gasteiger partial charge in [0.15, 0.2) is 0 Å². The second-order valence-electron chi connectivity index (χ2n) is 4.09. The lowest BCUT2D eigenvalue weighted by atomic mass is 10.1. The van der Waals surface area contributed by atoms with E-state index in [0.29, 0.717) is 0 Å².